The summed E-state index contributed by atoms with van der Waals surface area (Å²) in [6, 6.07) is 7.66. The molecule has 0 saturated carbocycles. The molecule has 100 valence electrons. The van der Waals surface area contributed by atoms with Crippen LogP contribution in [0.3, 0.4) is 0 Å². The van der Waals surface area contributed by atoms with E-state index >= 15 is 0 Å². The molecule has 19 heavy (non-hydrogen) atoms. The van der Waals surface area contributed by atoms with Crippen LogP contribution in [0.1, 0.15) is 11.1 Å². The molecule has 1 aromatic heterocycles. The molecule has 1 heterocycles. The van der Waals surface area contributed by atoms with Gasteiger partial charge in [-0.3, -0.25) is 4.98 Å². The van der Waals surface area contributed by atoms with Gasteiger partial charge in [-0.15, -0.1) is 0 Å². The summed E-state index contributed by atoms with van der Waals surface area (Å²) < 4.78 is 1.08. The lowest BCUT2D eigenvalue weighted by Gasteiger charge is -2.11. The van der Waals surface area contributed by atoms with Gasteiger partial charge in [0.05, 0.1) is 6.54 Å². The van der Waals surface area contributed by atoms with Crippen LogP contribution in [-0.2, 0) is 6.54 Å². The summed E-state index contributed by atoms with van der Waals surface area (Å²) in [4.78, 5) is 31.7. The van der Waals surface area contributed by atoms with Crippen LogP contribution in [0.5, 0.6) is 0 Å². The molecule has 0 unspecified atom stereocenters. The van der Waals surface area contributed by atoms with Crippen LogP contribution >= 0.6 is 0 Å². The predicted octanol–water partition coefficient (Wildman–Crippen LogP) is 0.354. The molecule has 0 radical (unpaired) electrons. The Labute approximate surface area is 110 Å². The largest absolute Gasteiger partial charge is 0.355 e. The van der Waals surface area contributed by atoms with Gasteiger partial charge in [-0.2, -0.15) is 4.98 Å². The highest BCUT2D eigenvalue weighted by atomic mass is 16.2. The minimum absolute atomic E-state index is 0.217. The highest BCUT2D eigenvalue weighted by molar-refractivity contribution is 5.24. The fourth-order valence-corrected chi connectivity index (χ4v) is 1.66. The van der Waals surface area contributed by atoms with Gasteiger partial charge in [0.15, 0.2) is 0 Å². The third kappa shape index (κ3) is 2.90. The smallest absolute Gasteiger partial charge is 0.348 e. The lowest BCUT2D eigenvalue weighted by molar-refractivity contribution is 0.662. The standard InChI is InChI=1S/C13H16N4O2/c1-9-4-6-10(7-5-9)8-17-12(18)14-11(16(2)3)15-13(17)19/h4-7H,8H2,1-3H3,(H,14,15,18,19). The molecule has 1 N–H and O–H groups in total. The minimum atomic E-state index is -0.548. The molecule has 0 bridgehead atoms. The lowest BCUT2D eigenvalue weighted by Crippen LogP contribution is -2.39. The number of aromatic nitrogens is 3. The molecule has 0 saturated heterocycles. The van der Waals surface area contributed by atoms with Gasteiger partial charge >= 0.3 is 11.4 Å². The van der Waals surface area contributed by atoms with E-state index in [-0.39, 0.29) is 12.5 Å². The van der Waals surface area contributed by atoms with Crippen LogP contribution in [0.4, 0.5) is 5.95 Å². The topological polar surface area (TPSA) is 71.0 Å². The van der Waals surface area contributed by atoms with Gasteiger partial charge in [0.25, 0.3) is 0 Å². The Hall–Kier alpha value is -2.37. The number of anilines is 1. The van der Waals surface area contributed by atoms with Crippen LogP contribution in [0, 0.1) is 6.92 Å². The quantitative estimate of drug-likeness (QED) is 0.864. The van der Waals surface area contributed by atoms with Crippen LogP contribution < -0.4 is 16.3 Å². The number of benzene rings is 1. The Morgan fingerprint density at radius 3 is 2.37 bits per heavy atom. The number of nitrogens with one attached hydrogen (secondary N) is 1. The van der Waals surface area contributed by atoms with Crippen molar-refractivity contribution in [1.82, 2.24) is 14.5 Å². The van der Waals surface area contributed by atoms with Gasteiger partial charge in [0, 0.05) is 14.1 Å². The molecular weight excluding hydrogens is 244 g/mol. The number of hydrogen-bond acceptors (Lipinski definition) is 4. The molecule has 0 aliphatic heterocycles. The zero-order valence-corrected chi connectivity index (χ0v) is 11.2. The van der Waals surface area contributed by atoms with Gasteiger partial charge in [-0.05, 0) is 12.5 Å². The minimum Gasteiger partial charge on any atom is -0.348 e. The molecule has 0 aliphatic rings. The highest BCUT2D eigenvalue weighted by Crippen LogP contribution is 2.03. The molecule has 6 heteroatoms. The molecule has 1 aromatic carbocycles. The number of H-pyrrole nitrogens is 1. The fourth-order valence-electron chi connectivity index (χ4n) is 1.66. The number of aromatic amines is 1. The maximum Gasteiger partial charge on any atom is 0.355 e. The maximum absolute atomic E-state index is 11.9. The van der Waals surface area contributed by atoms with Gasteiger partial charge in [0.2, 0.25) is 5.95 Å². The molecule has 0 spiro atoms. The van der Waals surface area contributed by atoms with Crippen molar-refractivity contribution >= 4 is 5.95 Å². The van der Waals surface area contributed by atoms with E-state index in [0.29, 0.717) is 0 Å². The van der Waals surface area contributed by atoms with E-state index in [1.807, 2.05) is 31.2 Å². The van der Waals surface area contributed by atoms with E-state index in [1.165, 1.54) is 0 Å². The highest BCUT2D eigenvalue weighted by Gasteiger charge is 2.07. The number of nitrogens with zero attached hydrogens (tertiary/aromatic N) is 3. The summed E-state index contributed by atoms with van der Waals surface area (Å²) in [5, 5.41) is 0. The average Bonchev–Trinajstić information content (AvgIpc) is 2.35. The summed E-state index contributed by atoms with van der Waals surface area (Å²) in [6.07, 6.45) is 0. The van der Waals surface area contributed by atoms with E-state index in [9.17, 15) is 9.59 Å². The van der Waals surface area contributed by atoms with Crippen molar-refractivity contribution in [2.75, 3.05) is 19.0 Å². The van der Waals surface area contributed by atoms with Gasteiger partial charge in [-0.25, -0.2) is 14.2 Å². The second-order valence-electron chi connectivity index (χ2n) is 4.61. The van der Waals surface area contributed by atoms with Crippen LogP contribution in [0.2, 0.25) is 0 Å². The Kier molecular flexibility index (Phi) is 3.50. The summed E-state index contributed by atoms with van der Waals surface area (Å²) in [5.41, 5.74) is 1.01. The monoisotopic (exact) mass is 260 g/mol. The average molecular weight is 260 g/mol. The van der Waals surface area contributed by atoms with Crippen LogP contribution in [0.15, 0.2) is 33.9 Å². The summed E-state index contributed by atoms with van der Waals surface area (Å²) in [7, 11) is 3.42. The van der Waals surface area contributed by atoms with Crippen LogP contribution in [-0.4, -0.2) is 28.6 Å². The first-order chi connectivity index (χ1) is 8.97. The molecule has 0 amide bonds. The van der Waals surface area contributed by atoms with Crippen molar-refractivity contribution in [2.45, 2.75) is 13.5 Å². The van der Waals surface area contributed by atoms with Gasteiger partial charge in [-0.1, -0.05) is 29.8 Å². The number of rotatable bonds is 3. The Bertz CT molecular complexity index is 652. The normalized spacial score (nSPS) is 10.5. The summed E-state index contributed by atoms with van der Waals surface area (Å²) in [6.45, 7) is 2.20. The Morgan fingerprint density at radius 1 is 1.21 bits per heavy atom. The first-order valence-electron chi connectivity index (χ1n) is 5.91. The first kappa shape index (κ1) is 13.1. The van der Waals surface area contributed by atoms with Crippen molar-refractivity contribution in [1.29, 1.82) is 0 Å². The zero-order chi connectivity index (χ0) is 14.0. The van der Waals surface area contributed by atoms with E-state index in [1.54, 1.807) is 19.0 Å². The van der Waals surface area contributed by atoms with Crippen molar-refractivity contribution in [3.05, 3.63) is 56.4 Å². The molecule has 2 rings (SSSR count). The van der Waals surface area contributed by atoms with Crippen molar-refractivity contribution < 1.29 is 0 Å². The van der Waals surface area contributed by atoms with Crippen molar-refractivity contribution in [3.63, 3.8) is 0 Å². The molecule has 0 aliphatic carbocycles. The fraction of sp³-hybridized carbons (Fsp3) is 0.308. The SMILES string of the molecule is Cc1ccc(Cn2c(=O)nc(N(C)C)[nH]c2=O)cc1. The van der Waals surface area contributed by atoms with Gasteiger partial charge in [0.1, 0.15) is 0 Å². The first-order valence-corrected chi connectivity index (χ1v) is 5.91. The number of aryl methyl sites for hydroxylation is 1. The maximum atomic E-state index is 11.9. The molecule has 0 atom stereocenters. The van der Waals surface area contributed by atoms with E-state index in [4.69, 9.17) is 0 Å². The van der Waals surface area contributed by atoms with Gasteiger partial charge < -0.3 is 4.90 Å². The lowest BCUT2D eigenvalue weighted by atomic mass is 10.1. The van der Waals surface area contributed by atoms with E-state index < -0.39 is 11.4 Å². The molecular formula is C13H16N4O2. The Morgan fingerprint density at radius 2 is 1.84 bits per heavy atom. The third-order valence-electron chi connectivity index (χ3n) is 2.78. The molecule has 2 aromatic rings. The van der Waals surface area contributed by atoms with E-state index in [0.717, 1.165) is 15.7 Å². The molecule has 0 fully saturated rings. The molecule has 6 nitrogen and oxygen atoms in total. The second kappa shape index (κ2) is 5.09. The van der Waals surface area contributed by atoms with Crippen LogP contribution in [0.25, 0.3) is 0 Å². The zero-order valence-electron chi connectivity index (χ0n) is 11.2. The van der Waals surface area contributed by atoms with E-state index in [2.05, 4.69) is 9.97 Å². The Balaban J connectivity index is 2.39. The van der Waals surface area contributed by atoms with Crippen molar-refractivity contribution in [3.8, 4) is 0 Å². The van der Waals surface area contributed by atoms with Crippen molar-refractivity contribution in [2.24, 2.45) is 0 Å². The number of hydrogen-bond donors (Lipinski definition) is 1. The predicted molar refractivity (Wildman–Crippen MR) is 73.7 cm³/mol. The summed E-state index contributed by atoms with van der Waals surface area (Å²) >= 11 is 0. The summed E-state index contributed by atoms with van der Waals surface area (Å²) in [5.74, 6) is 0.259. The second-order valence-corrected chi connectivity index (χ2v) is 4.61. The third-order valence-corrected chi connectivity index (χ3v) is 2.78.